The Morgan fingerprint density at radius 3 is 3.18 bits per heavy atom. The number of carbonyl (C=O) groups excluding carboxylic acids is 1. The van der Waals surface area contributed by atoms with E-state index >= 15 is 0 Å². The standard InChI is InChI=1S/C17H23N3OS/c1-12-3-4-13-9-19(10-14(13)7-12)16(21)8-15-11-22-17-18-5-2-6-20(15)17/h3,11,13-14H,2,4-10H2,1H3/t13-,14+/m0/s1. The maximum Gasteiger partial charge on any atom is 0.228 e. The van der Waals surface area contributed by atoms with Crippen LogP contribution < -0.4 is 0 Å². The van der Waals surface area contributed by atoms with Gasteiger partial charge in [-0.1, -0.05) is 23.4 Å². The molecule has 4 rings (SSSR count). The van der Waals surface area contributed by atoms with Crippen LogP contribution in [-0.2, 0) is 4.79 Å². The quantitative estimate of drug-likeness (QED) is 0.735. The Morgan fingerprint density at radius 2 is 2.27 bits per heavy atom. The molecular formula is C17H23N3OS. The molecule has 0 aromatic heterocycles. The van der Waals surface area contributed by atoms with E-state index in [4.69, 9.17) is 0 Å². The van der Waals surface area contributed by atoms with Gasteiger partial charge in [0.1, 0.15) is 0 Å². The monoisotopic (exact) mass is 317 g/mol. The van der Waals surface area contributed by atoms with Crippen molar-refractivity contribution >= 4 is 22.8 Å². The van der Waals surface area contributed by atoms with Crippen molar-refractivity contribution in [2.75, 3.05) is 26.2 Å². The topological polar surface area (TPSA) is 35.9 Å². The summed E-state index contributed by atoms with van der Waals surface area (Å²) in [5.41, 5.74) is 2.65. The minimum Gasteiger partial charge on any atom is -0.342 e. The van der Waals surface area contributed by atoms with Crippen molar-refractivity contribution in [2.24, 2.45) is 16.8 Å². The molecule has 1 aliphatic carbocycles. The summed E-state index contributed by atoms with van der Waals surface area (Å²) in [4.78, 5) is 21.6. The average Bonchev–Trinajstić information content (AvgIpc) is 3.11. The van der Waals surface area contributed by atoms with Crippen LogP contribution in [0.2, 0.25) is 0 Å². The van der Waals surface area contributed by atoms with E-state index in [0.717, 1.165) is 49.9 Å². The van der Waals surface area contributed by atoms with Crippen LogP contribution >= 0.6 is 11.8 Å². The summed E-state index contributed by atoms with van der Waals surface area (Å²) in [5, 5.41) is 3.21. The normalized spacial score (nSPS) is 30.5. The molecule has 0 aromatic rings. The van der Waals surface area contributed by atoms with E-state index < -0.39 is 0 Å². The number of aliphatic imine (C=N–C) groups is 1. The van der Waals surface area contributed by atoms with Gasteiger partial charge in [0.15, 0.2) is 5.17 Å². The highest BCUT2D eigenvalue weighted by molar-refractivity contribution is 8.16. The third-order valence-corrected chi connectivity index (χ3v) is 6.23. The number of amides is 1. The molecule has 4 nitrogen and oxygen atoms in total. The second kappa shape index (κ2) is 5.76. The number of amidine groups is 1. The van der Waals surface area contributed by atoms with Gasteiger partial charge in [-0.25, -0.2) is 0 Å². The fourth-order valence-corrected chi connectivity index (χ4v) is 4.98. The molecule has 0 spiro atoms. The average molecular weight is 317 g/mol. The first-order valence-electron chi connectivity index (χ1n) is 8.32. The number of nitrogens with zero attached hydrogens (tertiary/aromatic N) is 3. The Balaban J connectivity index is 1.38. The smallest absolute Gasteiger partial charge is 0.228 e. The Labute approximate surface area is 136 Å². The lowest BCUT2D eigenvalue weighted by Gasteiger charge is -2.26. The lowest BCUT2D eigenvalue weighted by molar-refractivity contribution is -0.129. The fourth-order valence-electron chi connectivity index (χ4n) is 4.03. The fraction of sp³-hybridized carbons (Fsp3) is 0.647. The molecule has 2 atom stereocenters. The summed E-state index contributed by atoms with van der Waals surface area (Å²) >= 11 is 1.67. The molecule has 0 aromatic carbocycles. The van der Waals surface area contributed by atoms with Crippen molar-refractivity contribution in [3.8, 4) is 0 Å². The molecule has 0 saturated carbocycles. The molecule has 1 saturated heterocycles. The van der Waals surface area contributed by atoms with Crippen LogP contribution in [0.4, 0.5) is 0 Å². The molecule has 118 valence electrons. The van der Waals surface area contributed by atoms with E-state index in [9.17, 15) is 4.79 Å². The van der Waals surface area contributed by atoms with Crippen molar-refractivity contribution in [1.29, 1.82) is 0 Å². The first-order valence-corrected chi connectivity index (χ1v) is 9.20. The number of thioether (sulfide) groups is 1. The van der Waals surface area contributed by atoms with Gasteiger partial charge in [0.05, 0.1) is 6.42 Å². The molecule has 1 amide bonds. The number of carbonyl (C=O) groups is 1. The maximum absolute atomic E-state index is 12.7. The second-order valence-electron chi connectivity index (χ2n) is 6.88. The van der Waals surface area contributed by atoms with Crippen LogP contribution in [0, 0.1) is 11.8 Å². The zero-order valence-corrected chi connectivity index (χ0v) is 13.9. The Morgan fingerprint density at radius 1 is 1.41 bits per heavy atom. The van der Waals surface area contributed by atoms with E-state index in [1.54, 1.807) is 11.8 Å². The van der Waals surface area contributed by atoms with Gasteiger partial charge in [-0.2, -0.15) is 0 Å². The van der Waals surface area contributed by atoms with Crippen molar-refractivity contribution < 1.29 is 4.79 Å². The molecule has 3 heterocycles. The lowest BCUT2D eigenvalue weighted by atomic mass is 9.83. The molecule has 4 aliphatic rings. The van der Waals surface area contributed by atoms with Gasteiger partial charge in [-0.05, 0) is 43.4 Å². The third-order valence-electron chi connectivity index (χ3n) is 5.28. The minimum atomic E-state index is 0.297. The van der Waals surface area contributed by atoms with E-state index in [1.165, 1.54) is 12.0 Å². The molecule has 5 heteroatoms. The van der Waals surface area contributed by atoms with Gasteiger partial charge in [0.2, 0.25) is 5.91 Å². The van der Waals surface area contributed by atoms with Gasteiger partial charge >= 0.3 is 0 Å². The number of allylic oxidation sites excluding steroid dienone is 2. The Bertz CT molecular complexity index is 580. The molecule has 1 fully saturated rings. The highest BCUT2D eigenvalue weighted by Gasteiger charge is 2.37. The zero-order chi connectivity index (χ0) is 15.1. The first kappa shape index (κ1) is 14.4. The van der Waals surface area contributed by atoms with Gasteiger partial charge < -0.3 is 9.80 Å². The second-order valence-corrected chi connectivity index (χ2v) is 7.72. The summed E-state index contributed by atoms with van der Waals surface area (Å²) in [6.07, 6.45) is 6.33. The van der Waals surface area contributed by atoms with Crippen LogP contribution in [0.1, 0.15) is 32.6 Å². The molecule has 0 radical (unpaired) electrons. The van der Waals surface area contributed by atoms with Crippen LogP contribution in [0.25, 0.3) is 0 Å². The third kappa shape index (κ3) is 2.60. The van der Waals surface area contributed by atoms with E-state index in [0.29, 0.717) is 24.2 Å². The maximum atomic E-state index is 12.7. The highest BCUT2D eigenvalue weighted by atomic mass is 32.2. The van der Waals surface area contributed by atoms with Crippen LogP contribution in [0.3, 0.4) is 0 Å². The highest BCUT2D eigenvalue weighted by Crippen LogP contribution is 2.37. The Kier molecular flexibility index (Phi) is 3.76. The molecule has 22 heavy (non-hydrogen) atoms. The van der Waals surface area contributed by atoms with Crippen LogP contribution in [0.5, 0.6) is 0 Å². The lowest BCUT2D eigenvalue weighted by Crippen LogP contribution is -2.34. The number of rotatable bonds is 2. The minimum absolute atomic E-state index is 0.297. The van der Waals surface area contributed by atoms with Crippen LogP contribution in [0.15, 0.2) is 27.7 Å². The zero-order valence-electron chi connectivity index (χ0n) is 13.1. The number of hydrogen-bond donors (Lipinski definition) is 0. The van der Waals surface area contributed by atoms with Crippen molar-refractivity contribution in [2.45, 2.75) is 32.6 Å². The predicted molar refractivity (Wildman–Crippen MR) is 90.5 cm³/mol. The SMILES string of the molecule is CC1=CC[C@H]2CN(C(=O)CC3=CSC4=NCCCN34)C[C@H]2C1. The molecule has 0 unspecified atom stereocenters. The van der Waals surface area contributed by atoms with E-state index in [1.807, 2.05) is 0 Å². The molecule has 3 aliphatic heterocycles. The largest absolute Gasteiger partial charge is 0.342 e. The summed E-state index contributed by atoms with van der Waals surface area (Å²) in [6, 6.07) is 0. The van der Waals surface area contributed by atoms with Gasteiger partial charge in [-0.3, -0.25) is 9.79 Å². The van der Waals surface area contributed by atoms with Crippen molar-refractivity contribution in [3.63, 3.8) is 0 Å². The molecular weight excluding hydrogens is 294 g/mol. The summed E-state index contributed by atoms with van der Waals surface area (Å²) in [6.45, 7) is 6.07. The van der Waals surface area contributed by atoms with Crippen molar-refractivity contribution in [3.05, 3.63) is 22.8 Å². The number of hydrogen-bond acceptors (Lipinski definition) is 4. The molecule has 0 bridgehead atoms. The number of likely N-dealkylation sites (tertiary alicyclic amines) is 1. The predicted octanol–water partition coefficient (Wildman–Crippen LogP) is 2.84. The van der Waals surface area contributed by atoms with Gasteiger partial charge in [-0.15, -0.1) is 0 Å². The summed E-state index contributed by atoms with van der Waals surface area (Å²) in [7, 11) is 0. The Hall–Kier alpha value is -1.23. The van der Waals surface area contributed by atoms with E-state index in [-0.39, 0.29) is 0 Å². The first-order chi connectivity index (χ1) is 10.7. The van der Waals surface area contributed by atoms with Crippen LogP contribution in [-0.4, -0.2) is 47.1 Å². The van der Waals surface area contributed by atoms with Gasteiger partial charge in [0, 0.05) is 31.9 Å². The summed E-state index contributed by atoms with van der Waals surface area (Å²) in [5.74, 6) is 1.67. The van der Waals surface area contributed by atoms with Crippen molar-refractivity contribution in [1.82, 2.24) is 9.80 Å². The summed E-state index contributed by atoms with van der Waals surface area (Å²) < 4.78 is 0. The molecule has 0 N–H and O–H groups in total. The number of fused-ring (bicyclic) bond motifs is 2. The van der Waals surface area contributed by atoms with Gasteiger partial charge in [0.25, 0.3) is 0 Å². The van der Waals surface area contributed by atoms with E-state index in [2.05, 4.69) is 33.2 Å².